The number of carbonyl (C=O) groups excluding carboxylic acids is 1. The summed E-state index contributed by atoms with van der Waals surface area (Å²) >= 11 is 9.28. The largest absolute Gasteiger partial charge is 0.398 e. The van der Waals surface area contributed by atoms with Crippen LogP contribution in [-0.4, -0.2) is 15.9 Å². The van der Waals surface area contributed by atoms with Gasteiger partial charge >= 0.3 is 0 Å². The molecule has 0 aromatic heterocycles. The molecular formula is C14H12BrClN2O2S. The molecule has 21 heavy (non-hydrogen) atoms. The van der Waals surface area contributed by atoms with E-state index in [1.165, 1.54) is 0 Å². The molecule has 0 spiro atoms. The van der Waals surface area contributed by atoms with Crippen molar-refractivity contribution < 1.29 is 9.00 Å². The molecule has 0 aliphatic rings. The van der Waals surface area contributed by atoms with Gasteiger partial charge in [-0.05, 0) is 36.4 Å². The minimum atomic E-state index is -1.59. The zero-order valence-electron chi connectivity index (χ0n) is 10.8. The maximum absolute atomic E-state index is 12.2. The molecule has 0 heterocycles. The van der Waals surface area contributed by atoms with Crippen LogP contribution in [0.5, 0.6) is 0 Å². The van der Waals surface area contributed by atoms with E-state index in [4.69, 9.17) is 17.3 Å². The summed E-state index contributed by atoms with van der Waals surface area (Å²) in [7, 11) is -1.59. The van der Waals surface area contributed by atoms with E-state index < -0.39 is 10.8 Å². The average molecular weight is 388 g/mol. The monoisotopic (exact) mass is 386 g/mol. The van der Waals surface area contributed by atoms with E-state index in [1.807, 2.05) is 0 Å². The molecule has 0 bridgehead atoms. The summed E-state index contributed by atoms with van der Waals surface area (Å²) in [6, 6.07) is 12.0. The number of nitrogens with two attached hydrogens (primary N) is 1. The van der Waals surface area contributed by atoms with E-state index >= 15 is 0 Å². The Hall–Kier alpha value is -1.37. The van der Waals surface area contributed by atoms with Crippen LogP contribution in [0.25, 0.3) is 0 Å². The molecule has 1 atom stereocenters. The number of anilines is 2. The van der Waals surface area contributed by atoms with Gasteiger partial charge in [-0.15, -0.1) is 0 Å². The summed E-state index contributed by atoms with van der Waals surface area (Å²) in [4.78, 5) is 12.2. The SMILES string of the molecule is Nc1cccc(Cl)c1S(=O)CC(=O)Nc1ccc(Br)cc1. The molecule has 0 aliphatic carbocycles. The van der Waals surface area contributed by atoms with Crippen molar-refractivity contribution in [1.82, 2.24) is 0 Å². The lowest BCUT2D eigenvalue weighted by Crippen LogP contribution is -2.20. The first-order valence-electron chi connectivity index (χ1n) is 5.95. The van der Waals surface area contributed by atoms with Gasteiger partial charge in [-0.1, -0.05) is 33.6 Å². The molecule has 7 heteroatoms. The number of hydrogen-bond acceptors (Lipinski definition) is 3. The number of benzene rings is 2. The molecule has 0 radical (unpaired) electrons. The highest BCUT2D eigenvalue weighted by Gasteiger charge is 2.16. The van der Waals surface area contributed by atoms with Gasteiger partial charge in [0.25, 0.3) is 0 Å². The van der Waals surface area contributed by atoms with Crippen molar-refractivity contribution >= 4 is 55.6 Å². The van der Waals surface area contributed by atoms with Crippen molar-refractivity contribution in [3.8, 4) is 0 Å². The predicted molar refractivity (Wildman–Crippen MR) is 89.9 cm³/mol. The Balaban J connectivity index is 2.06. The molecule has 0 saturated carbocycles. The van der Waals surface area contributed by atoms with Crippen molar-refractivity contribution in [1.29, 1.82) is 0 Å². The number of amides is 1. The van der Waals surface area contributed by atoms with Crippen molar-refractivity contribution in [2.75, 3.05) is 16.8 Å². The Labute approximate surface area is 138 Å². The number of hydrogen-bond donors (Lipinski definition) is 2. The average Bonchev–Trinajstić information content (AvgIpc) is 2.41. The van der Waals surface area contributed by atoms with Crippen LogP contribution in [0.1, 0.15) is 0 Å². The number of carbonyl (C=O) groups is 1. The van der Waals surface area contributed by atoms with Gasteiger partial charge in [0.05, 0.1) is 20.7 Å². The molecule has 1 amide bonds. The third-order valence-electron chi connectivity index (χ3n) is 2.62. The summed E-state index contributed by atoms with van der Waals surface area (Å²) < 4.78 is 13.1. The second-order valence-corrected chi connectivity index (χ2v) is 6.91. The summed E-state index contributed by atoms with van der Waals surface area (Å²) in [6.07, 6.45) is 0. The van der Waals surface area contributed by atoms with Gasteiger partial charge in [-0.25, -0.2) is 0 Å². The smallest absolute Gasteiger partial charge is 0.237 e. The highest BCUT2D eigenvalue weighted by Crippen LogP contribution is 2.25. The molecule has 110 valence electrons. The highest BCUT2D eigenvalue weighted by atomic mass is 79.9. The van der Waals surface area contributed by atoms with E-state index in [2.05, 4.69) is 21.2 Å². The molecule has 2 rings (SSSR count). The number of nitrogen functional groups attached to an aromatic ring is 1. The fraction of sp³-hybridized carbons (Fsp3) is 0.0714. The van der Waals surface area contributed by atoms with Crippen LogP contribution < -0.4 is 11.1 Å². The first-order valence-corrected chi connectivity index (χ1v) is 8.44. The highest BCUT2D eigenvalue weighted by molar-refractivity contribution is 9.10. The third-order valence-corrected chi connectivity index (χ3v) is 5.01. The number of halogens is 2. The van der Waals surface area contributed by atoms with Gasteiger partial charge < -0.3 is 11.1 Å². The first kappa shape index (κ1) is 16.0. The van der Waals surface area contributed by atoms with Crippen LogP contribution in [0.2, 0.25) is 5.02 Å². The van der Waals surface area contributed by atoms with Crippen molar-refractivity contribution in [2.45, 2.75) is 4.90 Å². The van der Waals surface area contributed by atoms with Gasteiger partial charge in [0.1, 0.15) is 5.75 Å². The lowest BCUT2D eigenvalue weighted by molar-refractivity contribution is -0.113. The van der Waals surface area contributed by atoms with Crippen LogP contribution >= 0.6 is 27.5 Å². The van der Waals surface area contributed by atoms with E-state index in [9.17, 15) is 9.00 Å². The summed E-state index contributed by atoms with van der Waals surface area (Å²) in [5.74, 6) is -0.570. The fourth-order valence-corrected chi connectivity index (χ4v) is 3.46. The zero-order chi connectivity index (χ0) is 15.4. The third kappa shape index (κ3) is 4.30. The van der Waals surface area contributed by atoms with Crippen molar-refractivity contribution in [2.24, 2.45) is 0 Å². The molecule has 1 unspecified atom stereocenters. The van der Waals surface area contributed by atoms with E-state index in [-0.39, 0.29) is 11.7 Å². The van der Waals surface area contributed by atoms with Crippen LogP contribution in [0, 0.1) is 0 Å². The second kappa shape index (κ2) is 7.06. The van der Waals surface area contributed by atoms with Gasteiger partial charge in [0, 0.05) is 15.8 Å². The van der Waals surface area contributed by atoms with Gasteiger partial charge in [-0.2, -0.15) is 0 Å². The van der Waals surface area contributed by atoms with Crippen molar-refractivity contribution in [3.63, 3.8) is 0 Å². The van der Waals surface area contributed by atoms with Gasteiger partial charge in [-0.3, -0.25) is 9.00 Å². The van der Waals surface area contributed by atoms with Crippen LogP contribution in [0.4, 0.5) is 11.4 Å². The number of nitrogens with one attached hydrogen (secondary N) is 1. The lowest BCUT2D eigenvalue weighted by atomic mass is 10.3. The Kier molecular flexibility index (Phi) is 5.39. The van der Waals surface area contributed by atoms with E-state index in [1.54, 1.807) is 42.5 Å². The Bertz CT molecular complexity index is 672. The Morgan fingerprint density at radius 1 is 1.24 bits per heavy atom. The molecule has 0 saturated heterocycles. The standard InChI is InChI=1S/C14H12BrClN2O2S/c15-9-4-6-10(7-5-9)18-13(19)8-21(20)14-11(16)2-1-3-12(14)17/h1-7H,8,17H2,(H,18,19). The second-order valence-electron chi connectivity index (χ2n) is 4.20. The van der Waals surface area contributed by atoms with Gasteiger partial charge in [0.15, 0.2) is 0 Å². The quantitative estimate of drug-likeness (QED) is 0.789. The predicted octanol–water partition coefficient (Wildman–Crippen LogP) is 3.43. The number of rotatable bonds is 4. The maximum atomic E-state index is 12.2. The fourth-order valence-electron chi connectivity index (χ4n) is 1.69. The molecule has 0 aliphatic heterocycles. The van der Waals surface area contributed by atoms with E-state index in [0.717, 1.165) is 4.47 Å². The minimum Gasteiger partial charge on any atom is -0.398 e. The summed E-state index contributed by atoms with van der Waals surface area (Å²) in [5.41, 5.74) is 6.70. The minimum absolute atomic E-state index is 0.204. The summed E-state index contributed by atoms with van der Waals surface area (Å²) in [6.45, 7) is 0. The van der Waals surface area contributed by atoms with Crippen LogP contribution in [-0.2, 0) is 15.6 Å². The topological polar surface area (TPSA) is 72.2 Å². The molecule has 4 nitrogen and oxygen atoms in total. The van der Waals surface area contributed by atoms with Crippen LogP contribution in [0.15, 0.2) is 51.8 Å². The Morgan fingerprint density at radius 3 is 2.52 bits per heavy atom. The molecular weight excluding hydrogens is 376 g/mol. The summed E-state index contributed by atoms with van der Waals surface area (Å²) in [5, 5.41) is 2.97. The zero-order valence-corrected chi connectivity index (χ0v) is 14.0. The molecule has 2 aromatic carbocycles. The molecule has 0 fully saturated rings. The normalized spacial score (nSPS) is 11.9. The first-order chi connectivity index (χ1) is 9.97. The van der Waals surface area contributed by atoms with Crippen molar-refractivity contribution in [3.05, 3.63) is 52.0 Å². The van der Waals surface area contributed by atoms with Gasteiger partial charge in [0.2, 0.25) is 5.91 Å². The Morgan fingerprint density at radius 2 is 1.90 bits per heavy atom. The molecule has 3 N–H and O–H groups in total. The van der Waals surface area contributed by atoms with E-state index in [0.29, 0.717) is 21.3 Å². The maximum Gasteiger partial charge on any atom is 0.237 e. The van der Waals surface area contributed by atoms with Crippen LogP contribution in [0.3, 0.4) is 0 Å². The lowest BCUT2D eigenvalue weighted by Gasteiger charge is -2.08. The molecule has 2 aromatic rings.